The second-order valence-corrected chi connectivity index (χ2v) is 6.74. The molecule has 2 aromatic carbocycles. The number of rotatable bonds is 5. The molecule has 1 atom stereocenters. The average Bonchev–Trinajstić information content (AvgIpc) is 3.18. The highest BCUT2D eigenvalue weighted by Crippen LogP contribution is 2.38. The smallest absolute Gasteiger partial charge is 0.416 e. The van der Waals surface area contributed by atoms with Crippen molar-refractivity contribution in [1.82, 2.24) is 14.8 Å². The highest BCUT2D eigenvalue weighted by Gasteiger charge is 2.38. The first-order chi connectivity index (χ1) is 14.8. The molecule has 4 rings (SSSR count). The molecular weight excluding hydrogens is 417 g/mol. The minimum absolute atomic E-state index is 0.148. The van der Waals surface area contributed by atoms with Crippen LogP contribution in [0.15, 0.2) is 58.3 Å². The third-order valence-corrected chi connectivity index (χ3v) is 4.74. The number of carbonyl (C=O) groups is 1. The Hall–Kier alpha value is -3.73. The van der Waals surface area contributed by atoms with Crippen LogP contribution in [0, 0.1) is 0 Å². The first kappa shape index (κ1) is 20.5. The van der Waals surface area contributed by atoms with Gasteiger partial charge in [-0.2, -0.15) is 18.3 Å². The third kappa shape index (κ3) is 3.99. The number of alkyl halides is 3. The van der Waals surface area contributed by atoms with E-state index in [1.807, 2.05) is 0 Å². The Morgan fingerprint density at radius 1 is 1.10 bits per heavy atom. The molecule has 3 aromatic rings. The summed E-state index contributed by atoms with van der Waals surface area (Å²) in [6, 6.07) is 11.3. The van der Waals surface area contributed by atoms with E-state index >= 15 is 0 Å². The van der Waals surface area contributed by atoms with Gasteiger partial charge in [0.05, 0.1) is 23.1 Å². The van der Waals surface area contributed by atoms with Crippen LogP contribution in [0.1, 0.15) is 23.0 Å². The number of aromatic nitrogens is 2. The molecule has 11 heteroatoms. The van der Waals surface area contributed by atoms with Crippen molar-refractivity contribution in [1.29, 1.82) is 0 Å². The number of hydrogen-bond donors (Lipinski definition) is 1. The Labute approximate surface area is 172 Å². The van der Waals surface area contributed by atoms with Crippen molar-refractivity contribution in [3.05, 3.63) is 75.7 Å². The normalized spacial score (nSPS) is 16.5. The summed E-state index contributed by atoms with van der Waals surface area (Å²) in [5.74, 6) is -1.14. The zero-order chi connectivity index (χ0) is 22.2. The summed E-state index contributed by atoms with van der Waals surface area (Å²) in [4.78, 5) is 33.3. The molecule has 160 valence electrons. The zero-order valence-corrected chi connectivity index (χ0v) is 15.8. The molecule has 0 fully saturated rings. The summed E-state index contributed by atoms with van der Waals surface area (Å²) >= 11 is 0. The molecule has 0 amide bonds. The summed E-state index contributed by atoms with van der Waals surface area (Å²) in [6.07, 6.45) is -5.21. The van der Waals surface area contributed by atoms with Gasteiger partial charge < -0.3 is 9.94 Å². The van der Waals surface area contributed by atoms with Crippen LogP contribution < -0.4 is 5.56 Å². The van der Waals surface area contributed by atoms with E-state index in [9.17, 15) is 27.9 Å². The Kier molecular flexibility index (Phi) is 5.19. The molecule has 1 aromatic heterocycles. The van der Waals surface area contributed by atoms with Gasteiger partial charge in [0, 0.05) is 10.9 Å². The number of nitrogens with zero attached hydrogens (tertiary/aromatic N) is 4. The van der Waals surface area contributed by atoms with Gasteiger partial charge in [0.1, 0.15) is 6.67 Å². The van der Waals surface area contributed by atoms with Crippen molar-refractivity contribution in [2.45, 2.75) is 25.4 Å². The maximum Gasteiger partial charge on any atom is 0.416 e. The predicted octanol–water partition coefficient (Wildman–Crippen LogP) is 2.97. The van der Waals surface area contributed by atoms with E-state index in [0.29, 0.717) is 5.39 Å². The fraction of sp³-hybridized carbons (Fsp3) is 0.200. The highest BCUT2D eigenvalue weighted by molar-refractivity contribution is 5.86. The van der Waals surface area contributed by atoms with Gasteiger partial charge in [-0.15, -0.1) is 0 Å². The monoisotopic (exact) mass is 432 g/mol. The van der Waals surface area contributed by atoms with Crippen molar-refractivity contribution < 1.29 is 27.9 Å². The SMILES string of the molecule is O=C(O)Cc1nn(CN2OC=NC2c2ccccc2C(F)(F)F)c(=O)c2ccccc12. The molecule has 1 unspecified atom stereocenters. The first-order valence-electron chi connectivity index (χ1n) is 9.07. The number of hydroxylamine groups is 2. The summed E-state index contributed by atoms with van der Waals surface area (Å²) < 4.78 is 41.3. The topological polar surface area (TPSA) is 97.0 Å². The molecule has 1 N–H and O–H groups in total. The largest absolute Gasteiger partial charge is 0.481 e. The average molecular weight is 432 g/mol. The molecule has 0 bridgehead atoms. The molecule has 8 nitrogen and oxygen atoms in total. The maximum absolute atomic E-state index is 13.4. The molecule has 31 heavy (non-hydrogen) atoms. The van der Waals surface area contributed by atoms with Crippen LogP contribution in [0.25, 0.3) is 10.8 Å². The van der Waals surface area contributed by atoms with Crippen LogP contribution in [0.2, 0.25) is 0 Å². The van der Waals surface area contributed by atoms with Gasteiger partial charge in [-0.1, -0.05) is 41.5 Å². The number of aliphatic carboxylic acids is 1. The van der Waals surface area contributed by atoms with E-state index in [1.165, 1.54) is 24.3 Å². The van der Waals surface area contributed by atoms with Crippen LogP contribution in [0.5, 0.6) is 0 Å². The highest BCUT2D eigenvalue weighted by atomic mass is 19.4. The second kappa shape index (κ2) is 7.84. The van der Waals surface area contributed by atoms with Gasteiger partial charge >= 0.3 is 12.1 Å². The maximum atomic E-state index is 13.4. The summed E-state index contributed by atoms with van der Waals surface area (Å²) in [5, 5.41) is 15.0. The lowest BCUT2D eigenvalue weighted by Gasteiger charge is -2.24. The van der Waals surface area contributed by atoms with E-state index in [4.69, 9.17) is 4.84 Å². The van der Waals surface area contributed by atoms with Gasteiger partial charge in [0.2, 0.25) is 0 Å². The Morgan fingerprint density at radius 3 is 2.48 bits per heavy atom. The van der Waals surface area contributed by atoms with Gasteiger partial charge in [-0.25, -0.2) is 9.67 Å². The van der Waals surface area contributed by atoms with Crippen LogP contribution in [0.3, 0.4) is 0 Å². The van der Waals surface area contributed by atoms with Crippen LogP contribution >= 0.6 is 0 Å². The number of carboxylic acid groups (broad SMARTS) is 1. The Morgan fingerprint density at radius 2 is 1.77 bits per heavy atom. The van der Waals surface area contributed by atoms with Crippen LogP contribution in [0.4, 0.5) is 13.2 Å². The molecule has 2 heterocycles. The standard InChI is InChI=1S/C20H15F3N4O4/c21-20(22,23)15-8-4-3-7-14(15)18-24-10-31-27(18)11-26-19(30)13-6-2-1-5-12(13)16(25-26)9-17(28)29/h1-8,10,18H,9,11H2,(H,28,29). The quantitative estimate of drug-likeness (QED) is 0.666. The van der Waals surface area contributed by atoms with E-state index in [0.717, 1.165) is 22.2 Å². The lowest BCUT2D eigenvalue weighted by atomic mass is 10.0. The number of carboxylic acids is 1. The fourth-order valence-corrected chi connectivity index (χ4v) is 3.41. The molecule has 0 saturated heterocycles. The summed E-state index contributed by atoms with van der Waals surface area (Å²) in [6.45, 7) is -0.368. The number of aliphatic imine (C=N–C) groups is 1. The zero-order valence-electron chi connectivity index (χ0n) is 15.8. The number of fused-ring (bicyclic) bond motifs is 1. The van der Waals surface area contributed by atoms with Crippen molar-refractivity contribution in [3.8, 4) is 0 Å². The molecule has 0 aliphatic carbocycles. The van der Waals surface area contributed by atoms with Gasteiger partial charge in [-0.3, -0.25) is 9.59 Å². The minimum Gasteiger partial charge on any atom is -0.481 e. The lowest BCUT2D eigenvalue weighted by molar-refractivity contribution is -0.142. The van der Waals surface area contributed by atoms with E-state index in [1.54, 1.807) is 18.2 Å². The molecule has 1 aliphatic rings. The molecule has 0 spiro atoms. The fourth-order valence-electron chi connectivity index (χ4n) is 3.41. The van der Waals surface area contributed by atoms with Crippen molar-refractivity contribution in [2.24, 2.45) is 4.99 Å². The Balaban J connectivity index is 1.74. The molecule has 0 saturated carbocycles. The summed E-state index contributed by atoms with van der Waals surface area (Å²) in [7, 11) is 0. The number of benzene rings is 2. The predicted molar refractivity (Wildman–Crippen MR) is 103 cm³/mol. The first-order valence-corrected chi connectivity index (χ1v) is 9.07. The molecule has 0 radical (unpaired) electrons. The number of halogens is 3. The summed E-state index contributed by atoms with van der Waals surface area (Å²) in [5.41, 5.74) is -1.42. The minimum atomic E-state index is -4.60. The second-order valence-electron chi connectivity index (χ2n) is 6.74. The third-order valence-electron chi connectivity index (χ3n) is 4.74. The van der Waals surface area contributed by atoms with E-state index in [2.05, 4.69) is 10.1 Å². The van der Waals surface area contributed by atoms with Crippen molar-refractivity contribution in [3.63, 3.8) is 0 Å². The van der Waals surface area contributed by atoms with E-state index < -0.39 is 35.9 Å². The number of hydrogen-bond acceptors (Lipinski definition) is 6. The van der Waals surface area contributed by atoms with Crippen LogP contribution in [-0.4, -0.2) is 32.3 Å². The van der Waals surface area contributed by atoms with E-state index in [-0.39, 0.29) is 23.3 Å². The molecular formula is C20H15F3N4O4. The van der Waals surface area contributed by atoms with Crippen molar-refractivity contribution in [2.75, 3.05) is 0 Å². The van der Waals surface area contributed by atoms with Gasteiger partial charge in [-0.05, 0) is 12.1 Å². The Bertz CT molecular complexity index is 1240. The molecule has 1 aliphatic heterocycles. The lowest BCUT2D eigenvalue weighted by Crippen LogP contribution is -2.35. The van der Waals surface area contributed by atoms with Gasteiger partial charge in [0.25, 0.3) is 5.56 Å². The van der Waals surface area contributed by atoms with Gasteiger partial charge in [0.15, 0.2) is 12.6 Å². The van der Waals surface area contributed by atoms with Crippen LogP contribution in [-0.2, 0) is 28.9 Å². The van der Waals surface area contributed by atoms with Crippen molar-refractivity contribution >= 4 is 23.1 Å².